The van der Waals surface area contributed by atoms with Crippen LogP contribution in [0, 0.1) is 5.82 Å². The molecular formula is C27H22FNO6. The first-order chi connectivity index (χ1) is 17.1. The maximum Gasteiger partial charge on any atom is 0.400 e. The molecule has 0 saturated carbocycles. The standard InChI is InChI=1S/C27H22FNO6/c1-31-25(30)12-15-14-32-24-13-16(6-7-17(15)24)33-23-10-8-18-21(11-9-19(28)26(18)23)34-27-29-20-4-2-3-5-22(20)35-27/h2-7,9,11,13,15,23H,8,10,12,14H2,1H3/t15?,23-/m1/s1. The molecule has 2 aliphatic rings. The Kier molecular flexibility index (Phi) is 5.28. The molecule has 4 aromatic rings. The van der Waals surface area contributed by atoms with E-state index in [-0.39, 0.29) is 30.2 Å². The van der Waals surface area contributed by atoms with E-state index in [4.69, 9.17) is 23.4 Å². The Morgan fingerprint density at radius 1 is 1.17 bits per heavy atom. The fourth-order valence-electron chi connectivity index (χ4n) is 4.79. The van der Waals surface area contributed by atoms with E-state index in [1.807, 2.05) is 36.4 Å². The number of para-hydroxylation sites is 2. The van der Waals surface area contributed by atoms with Gasteiger partial charge in [0.15, 0.2) is 5.58 Å². The molecule has 2 atom stereocenters. The molecule has 0 bridgehead atoms. The summed E-state index contributed by atoms with van der Waals surface area (Å²) in [5.41, 5.74) is 3.47. The summed E-state index contributed by atoms with van der Waals surface area (Å²) in [6, 6.07) is 15.9. The van der Waals surface area contributed by atoms with Crippen molar-refractivity contribution in [3.8, 4) is 23.3 Å². The Bertz CT molecular complexity index is 1400. The lowest BCUT2D eigenvalue weighted by molar-refractivity contribution is -0.141. The van der Waals surface area contributed by atoms with Crippen LogP contribution in [0.2, 0.25) is 0 Å². The van der Waals surface area contributed by atoms with Crippen LogP contribution >= 0.6 is 0 Å². The summed E-state index contributed by atoms with van der Waals surface area (Å²) in [6.45, 7) is 0.408. The minimum absolute atomic E-state index is 0.0530. The van der Waals surface area contributed by atoms with Crippen molar-refractivity contribution in [2.45, 2.75) is 31.3 Å². The molecule has 178 valence electrons. The number of carbonyl (C=O) groups is 1. The molecule has 7 nitrogen and oxygen atoms in total. The van der Waals surface area contributed by atoms with Crippen LogP contribution in [0.3, 0.4) is 0 Å². The second-order valence-corrected chi connectivity index (χ2v) is 8.62. The van der Waals surface area contributed by atoms with Gasteiger partial charge in [0, 0.05) is 28.7 Å². The first-order valence-corrected chi connectivity index (χ1v) is 11.4. The summed E-state index contributed by atoms with van der Waals surface area (Å²) in [7, 11) is 1.37. The predicted molar refractivity (Wildman–Crippen MR) is 123 cm³/mol. The molecule has 0 saturated heterocycles. The van der Waals surface area contributed by atoms with Crippen molar-refractivity contribution in [1.82, 2.24) is 4.98 Å². The molecule has 1 aliphatic carbocycles. The predicted octanol–water partition coefficient (Wildman–Crippen LogP) is 5.86. The van der Waals surface area contributed by atoms with Crippen LogP contribution in [-0.4, -0.2) is 24.7 Å². The summed E-state index contributed by atoms with van der Waals surface area (Å²) in [6.07, 6.45) is 1.09. The van der Waals surface area contributed by atoms with Crippen LogP contribution < -0.4 is 14.2 Å². The average Bonchev–Trinajstić information content (AvgIpc) is 3.58. The number of nitrogens with zero attached hydrogens (tertiary/aromatic N) is 1. The van der Waals surface area contributed by atoms with E-state index in [1.54, 1.807) is 12.1 Å². The van der Waals surface area contributed by atoms with Crippen LogP contribution in [0.1, 0.15) is 41.6 Å². The second-order valence-electron chi connectivity index (χ2n) is 8.62. The molecule has 2 heterocycles. The Balaban J connectivity index is 1.23. The topological polar surface area (TPSA) is 80.0 Å². The molecule has 1 aliphatic heterocycles. The van der Waals surface area contributed by atoms with Crippen LogP contribution in [-0.2, 0) is 16.0 Å². The van der Waals surface area contributed by atoms with Crippen molar-refractivity contribution >= 4 is 17.1 Å². The summed E-state index contributed by atoms with van der Waals surface area (Å²) >= 11 is 0. The van der Waals surface area contributed by atoms with Gasteiger partial charge in [0.1, 0.15) is 34.7 Å². The molecule has 35 heavy (non-hydrogen) atoms. The van der Waals surface area contributed by atoms with Gasteiger partial charge in [0.2, 0.25) is 0 Å². The van der Waals surface area contributed by atoms with Crippen LogP contribution in [0.25, 0.3) is 11.1 Å². The highest BCUT2D eigenvalue weighted by Crippen LogP contribution is 2.44. The number of fused-ring (bicyclic) bond motifs is 3. The van der Waals surface area contributed by atoms with Gasteiger partial charge in [-0.25, -0.2) is 4.39 Å². The summed E-state index contributed by atoms with van der Waals surface area (Å²) in [4.78, 5) is 16.0. The van der Waals surface area contributed by atoms with E-state index in [1.165, 1.54) is 13.2 Å². The zero-order valence-electron chi connectivity index (χ0n) is 19.0. The zero-order chi connectivity index (χ0) is 23.9. The highest BCUT2D eigenvalue weighted by atomic mass is 19.1. The number of oxazole rings is 1. The summed E-state index contributed by atoms with van der Waals surface area (Å²) in [5.74, 6) is 1.07. The van der Waals surface area contributed by atoms with E-state index >= 15 is 0 Å². The number of carbonyl (C=O) groups excluding carboxylic acids is 1. The molecule has 0 N–H and O–H groups in total. The molecule has 0 amide bonds. The van der Waals surface area contributed by atoms with Gasteiger partial charge < -0.3 is 23.4 Å². The quantitative estimate of drug-likeness (QED) is 0.323. The number of hydrogen-bond acceptors (Lipinski definition) is 7. The van der Waals surface area contributed by atoms with Gasteiger partial charge in [0.05, 0.1) is 20.1 Å². The molecule has 8 heteroatoms. The lowest BCUT2D eigenvalue weighted by Gasteiger charge is -2.17. The monoisotopic (exact) mass is 475 g/mol. The largest absolute Gasteiger partial charge is 0.492 e. The van der Waals surface area contributed by atoms with Gasteiger partial charge in [0.25, 0.3) is 0 Å². The molecule has 0 spiro atoms. The molecule has 1 unspecified atom stereocenters. The summed E-state index contributed by atoms with van der Waals surface area (Å²) in [5, 5.41) is 0. The number of aromatic nitrogens is 1. The Morgan fingerprint density at radius 3 is 2.91 bits per heavy atom. The fourth-order valence-corrected chi connectivity index (χ4v) is 4.79. The van der Waals surface area contributed by atoms with Crippen LogP contribution in [0.5, 0.6) is 23.3 Å². The van der Waals surface area contributed by atoms with Crippen molar-refractivity contribution in [1.29, 1.82) is 0 Å². The number of methoxy groups -OCH3 is 1. The van der Waals surface area contributed by atoms with Gasteiger partial charge in [-0.15, -0.1) is 0 Å². The van der Waals surface area contributed by atoms with Gasteiger partial charge >= 0.3 is 12.0 Å². The van der Waals surface area contributed by atoms with Gasteiger partial charge in [-0.1, -0.05) is 18.2 Å². The second kappa shape index (κ2) is 8.61. The van der Waals surface area contributed by atoms with Gasteiger partial charge in [-0.3, -0.25) is 4.79 Å². The van der Waals surface area contributed by atoms with Crippen molar-refractivity contribution < 1.29 is 32.5 Å². The Morgan fingerprint density at radius 2 is 2.06 bits per heavy atom. The minimum atomic E-state index is -0.470. The zero-order valence-corrected chi connectivity index (χ0v) is 19.0. The maximum absolute atomic E-state index is 14.9. The van der Waals surface area contributed by atoms with Crippen LogP contribution in [0.4, 0.5) is 4.39 Å². The third-order valence-corrected chi connectivity index (χ3v) is 6.49. The van der Waals surface area contributed by atoms with E-state index in [2.05, 4.69) is 4.98 Å². The number of benzene rings is 3. The lowest BCUT2D eigenvalue weighted by atomic mass is 9.98. The third-order valence-electron chi connectivity index (χ3n) is 6.49. The van der Waals surface area contributed by atoms with E-state index in [0.717, 1.165) is 11.1 Å². The van der Waals surface area contributed by atoms with E-state index in [0.29, 0.717) is 53.4 Å². The van der Waals surface area contributed by atoms with Crippen molar-refractivity contribution in [2.75, 3.05) is 13.7 Å². The molecule has 1 aromatic heterocycles. The third kappa shape index (κ3) is 3.95. The van der Waals surface area contributed by atoms with Crippen molar-refractivity contribution in [3.05, 3.63) is 77.1 Å². The Labute approximate surface area is 200 Å². The van der Waals surface area contributed by atoms with Gasteiger partial charge in [-0.05, 0) is 43.2 Å². The number of ether oxygens (including phenoxy) is 4. The molecule has 0 radical (unpaired) electrons. The fraction of sp³-hybridized carbons (Fsp3) is 0.259. The maximum atomic E-state index is 14.9. The first-order valence-electron chi connectivity index (χ1n) is 11.4. The molecule has 3 aromatic carbocycles. The van der Waals surface area contributed by atoms with E-state index in [9.17, 15) is 9.18 Å². The number of halogens is 1. The molecule has 6 rings (SSSR count). The summed E-state index contributed by atoms with van der Waals surface area (Å²) < 4.78 is 43.2. The van der Waals surface area contributed by atoms with Crippen molar-refractivity contribution in [2.24, 2.45) is 0 Å². The number of hydrogen-bond donors (Lipinski definition) is 0. The minimum Gasteiger partial charge on any atom is -0.492 e. The molecular weight excluding hydrogens is 453 g/mol. The number of rotatable bonds is 6. The highest BCUT2D eigenvalue weighted by Gasteiger charge is 2.32. The number of esters is 1. The van der Waals surface area contributed by atoms with Crippen LogP contribution in [0.15, 0.2) is 59.0 Å². The lowest BCUT2D eigenvalue weighted by Crippen LogP contribution is -2.09. The SMILES string of the molecule is COC(=O)CC1COc2cc(O[C@@H]3CCc4c(Oc5nc6ccccc6o5)ccc(F)c43)ccc21. The average molecular weight is 475 g/mol. The smallest absolute Gasteiger partial charge is 0.400 e. The highest BCUT2D eigenvalue weighted by molar-refractivity contribution is 5.73. The Hall–Kier alpha value is -4.07. The molecule has 0 fully saturated rings. The van der Waals surface area contributed by atoms with E-state index < -0.39 is 6.10 Å². The van der Waals surface area contributed by atoms with Crippen molar-refractivity contribution in [3.63, 3.8) is 0 Å². The first kappa shape index (κ1) is 21.5. The van der Waals surface area contributed by atoms with Gasteiger partial charge in [-0.2, -0.15) is 4.98 Å². The normalized spacial score (nSPS) is 18.1.